The highest BCUT2D eigenvalue weighted by atomic mass is 16.5. The maximum absolute atomic E-state index is 9.40. The van der Waals surface area contributed by atoms with Gasteiger partial charge in [0, 0.05) is 13.1 Å². The second kappa shape index (κ2) is 20.5. The predicted octanol–water partition coefficient (Wildman–Crippen LogP) is 6.30. The number of ether oxygens (including phenoxy) is 2. The van der Waals surface area contributed by atoms with Gasteiger partial charge in [-0.3, -0.25) is 0 Å². The van der Waals surface area contributed by atoms with E-state index in [2.05, 4.69) is 43.6 Å². The van der Waals surface area contributed by atoms with Gasteiger partial charge in [-0.25, -0.2) is 0 Å². The van der Waals surface area contributed by atoms with Crippen molar-refractivity contribution in [3.05, 3.63) is 59.7 Å². The van der Waals surface area contributed by atoms with Crippen molar-refractivity contribution in [2.75, 3.05) is 52.5 Å². The molecule has 0 aliphatic heterocycles. The average molecular weight is 512 g/mol. The summed E-state index contributed by atoms with van der Waals surface area (Å²) >= 11 is 0. The van der Waals surface area contributed by atoms with Crippen molar-refractivity contribution in [1.82, 2.24) is 9.80 Å². The Labute approximate surface area is 225 Å². The molecular formula is C31H49N3O3. The van der Waals surface area contributed by atoms with Gasteiger partial charge in [0.05, 0.1) is 31.0 Å². The predicted molar refractivity (Wildman–Crippen MR) is 153 cm³/mol. The first-order chi connectivity index (χ1) is 18.0. The third kappa shape index (κ3) is 14.7. The van der Waals surface area contributed by atoms with E-state index in [0.717, 1.165) is 69.3 Å². The molecule has 1 atom stereocenters. The van der Waals surface area contributed by atoms with Gasteiger partial charge >= 0.3 is 0 Å². The van der Waals surface area contributed by atoms with Gasteiger partial charge < -0.3 is 24.4 Å². The molecule has 0 aliphatic carbocycles. The normalized spacial score (nSPS) is 11.5. The van der Waals surface area contributed by atoms with E-state index in [0.29, 0.717) is 5.56 Å². The molecule has 0 aliphatic rings. The van der Waals surface area contributed by atoms with E-state index in [1.165, 1.54) is 25.9 Å². The smallest absolute Gasteiger partial charge is 0.119 e. The van der Waals surface area contributed by atoms with Crippen molar-refractivity contribution in [1.29, 1.82) is 5.26 Å². The van der Waals surface area contributed by atoms with Crippen molar-refractivity contribution in [3.63, 3.8) is 0 Å². The minimum Gasteiger partial charge on any atom is -0.494 e. The van der Waals surface area contributed by atoms with Crippen LogP contribution in [-0.4, -0.2) is 67.4 Å². The van der Waals surface area contributed by atoms with Gasteiger partial charge in [0.25, 0.3) is 0 Å². The summed E-state index contributed by atoms with van der Waals surface area (Å²) in [7, 11) is 0. The number of hydrogen-bond donors (Lipinski definition) is 1. The first kappa shape index (κ1) is 32.4. The van der Waals surface area contributed by atoms with E-state index in [1.807, 2.05) is 36.4 Å². The molecule has 0 bridgehead atoms. The quantitative estimate of drug-likeness (QED) is 0.251. The molecule has 0 heterocycles. The Kier molecular flexibility index (Phi) is 17.9. The summed E-state index contributed by atoms with van der Waals surface area (Å²) in [4.78, 5) is 4.88. The van der Waals surface area contributed by atoms with Crippen molar-refractivity contribution < 1.29 is 14.6 Å². The summed E-state index contributed by atoms with van der Waals surface area (Å²) in [5, 5.41) is 18.1. The standard InChI is InChI=1S/C16H24N2O.C15H25NO2/c1-3-10-18(11-4-2)12-5-13-19-16-8-6-15(14-17)7-9-16;1-4-16(5-2)11-6-12-18-15-9-7-14(8-10-15)13(3)17/h6-9H,3-5,10-13H2,1-2H3;7-10,13,17H,4-6,11-12H2,1-3H3. The molecule has 6 nitrogen and oxygen atoms in total. The highest BCUT2D eigenvalue weighted by Crippen LogP contribution is 2.17. The SMILES string of the molecule is CCCN(CCC)CCCOc1ccc(C#N)cc1.CCN(CC)CCCOc1ccc(C(C)O)cc1. The lowest BCUT2D eigenvalue weighted by Gasteiger charge is -2.20. The molecule has 2 aromatic rings. The molecule has 2 aromatic carbocycles. The fourth-order valence-electron chi connectivity index (χ4n) is 3.93. The molecule has 0 radical (unpaired) electrons. The van der Waals surface area contributed by atoms with E-state index in [1.54, 1.807) is 19.1 Å². The van der Waals surface area contributed by atoms with Crippen molar-refractivity contribution >= 4 is 0 Å². The Morgan fingerprint density at radius 2 is 1.19 bits per heavy atom. The highest BCUT2D eigenvalue weighted by molar-refractivity contribution is 5.34. The number of rotatable bonds is 17. The maximum atomic E-state index is 9.40. The Morgan fingerprint density at radius 3 is 1.59 bits per heavy atom. The molecule has 37 heavy (non-hydrogen) atoms. The van der Waals surface area contributed by atoms with Crippen LogP contribution in [0.2, 0.25) is 0 Å². The second-order valence-electron chi connectivity index (χ2n) is 9.15. The van der Waals surface area contributed by atoms with Gasteiger partial charge in [0.15, 0.2) is 0 Å². The molecule has 1 unspecified atom stereocenters. The van der Waals surface area contributed by atoms with E-state index < -0.39 is 6.10 Å². The van der Waals surface area contributed by atoms with Crippen LogP contribution in [0.5, 0.6) is 11.5 Å². The number of hydrogen-bond acceptors (Lipinski definition) is 6. The Morgan fingerprint density at radius 1 is 0.730 bits per heavy atom. The highest BCUT2D eigenvalue weighted by Gasteiger charge is 2.03. The van der Waals surface area contributed by atoms with Crippen LogP contribution in [0.1, 0.15) is 77.5 Å². The van der Waals surface area contributed by atoms with Gasteiger partial charge in [-0.2, -0.15) is 5.26 Å². The number of aliphatic hydroxyl groups is 1. The van der Waals surface area contributed by atoms with Crippen LogP contribution in [0, 0.1) is 11.3 Å². The summed E-state index contributed by atoms with van der Waals surface area (Å²) in [6.07, 6.45) is 4.08. The van der Waals surface area contributed by atoms with Gasteiger partial charge in [-0.1, -0.05) is 39.8 Å². The number of nitriles is 1. The Hall–Kier alpha value is -2.59. The zero-order chi connectivity index (χ0) is 27.3. The fraction of sp³-hybridized carbons (Fsp3) is 0.581. The van der Waals surface area contributed by atoms with Crippen LogP contribution in [0.15, 0.2) is 48.5 Å². The third-order valence-corrected chi connectivity index (χ3v) is 6.09. The molecule has 2 rings (SSSR count). The van der Waals surface area contributed by atoms with Gasteiger partial charge in [0.1, 0.15) is 11.5 Å². The number of benzene rings is 2. The van der Waals surface area contributed by atoms with E-state index in [-0.39, 0.29) is 0 Å². The third-order valence-electron chi connectivity index (χ3n) is 6.09. The number of aliphatic hydroxyl groups excluding tert-OH is 1. The fourth-order valence-corrected chi connectivity index (χ4v) is 3.93. The van der Waals surface area contributed by atoms with Gasteiger partial charge in [-0.15, -0.1) is 0 Å². The van der Waals surface area contributed by atoms with E-state index >= 15 is 0 Å². The van der Waals surface area contributed by atoms with E-state index in [9.17, 15) is 5.11 Å². The molecular weight excluding hydrogens is 462 g/mol. The molecule has 206 valence electrons. The monoisotopic (exact) mass is 511 g/mol. The Bertz CT molecular complexity index is 837. The van der Waals surface area contributed by atoms with Crippen LogP contribution in [-0.2, 0) is 0 Å². The summed E-state index contributed by atoms with van der Waals surface area (Å²) < 4.78 is 11.3. The van der Waals surface area contributed by atoms with Crippen molar-refractivity contribution in [2.24, 2.45) is 0 Å². The van der Waals surface area contributed by atoms with Crippen molar-refractivity contribution in [2.45, 2.75) is 66.4 Å². The molecule has 6 heteroatoms. The first-order valence-electron chi connectivity index (χ1n) is 14.0. The summed E-state index contributed by atoms with van der Waals surface area (Å²) in [5.41, 5.74) is 1.59. The number of nitrogens with zero attached hydrogens (tertiary/aromatic N) is 3. The van der Waals surface area contributed by atoms with Crippen molar-refractivity contribution in [3.8, 4) is 17.6 Å². The molecule has 0 fully saturated rings. The topological polar surface area (TPSA) is 69.0 Å². The summed E-state index contributed by atoms with van der Waals surface area (Å²) in [5.74, 6) is 1.72. The van der Waals surface area contributed by atoms with Gasteiger partial charge in [0.2, 0.25) is 0 Å². The van der Waals surface area contributed by atoms with Crippen LogP contribution < -0.4 is 9.47 Å². The molecule has 0 saturated heterocycles. The lowest BCUT2D eigenvalue weighted by atomic mass is 10.1. The lowest BCUT2D eigenvalue weighted by molar-refractivity contribution is 0.199. The zero-order valence-corrected chi connectivity index (χ0v) is 23.8. The first-order valence-corrected chi connectivity index (χ1v) is 14.0. The van der Waals surface area contributed by atoms with Crippen LogP contribution in [0.4, 0.5) is 0 Å². The zero-order valence-electron chi connectivity index (χ0n) is 23.8. The van der Waals surface area contributed by atoms with E-state index in [4.69, 9.17) is 14.7 Å². The van der Waals surface area contributed by atoms with Crippen LogP contribution in [0.25, 0.3) is 0 Å². The second-order valence-corrected chi connectivity index (χ2v) is 9.15. The van der Waals surface area contributed by atoms with Gasteiger partial charge in [-0.05, 0) is 101 Å². The van der Waals surface area contributed by atoms with Crippen LogP contribution in [0.3, 0.4) is 0 Å². The van der Waals surface area contributed by atoms with Crippen LogP contribution >= 0.6 is 0 Å². The maximum Gasteiger partial charge on any atom is 0.119 e. The molecule has 0 aromatic heterocycles. The molecule has 0 spiro atoms. The molecule has 0 saturated carbocycles. The largest absolute Gasteiger partial charge is 0.494 e. The molecule has 0 amide bonds. The summed E-state index contributed by atoms with van der Waals surface area (Å²) in [6.45, 7) is 18.7. The minimum absolute atomic E-state index is 0.415. The Balaban J connectivity index is 0.000000371. The lowest BCUT2D eigenvalue weighted by Crippen LogP contribution is -2.27. The minimum atomic E-state index is -0.415. The average Bonchev–Trinajstić information content (AvgIpc) is 2.92. The molecule has 1 N–H and O–H groups in total. The summed E-state index contributed by atoms with van der Waals surface area (Å²) in [6, 6.07) is 17.0.